The zero-order valence-corrected chi connectivity index (χ0v) is 19.1. The summed E-state index contributed by atoms with van der Waals surface area (Å²) in [6.45, 7) is 0. The molecule has 0 aliphatic carbocycles. The van der Waals surface area contributed by atoms with E-state index in [1.807, 2.05) is 66.7 Å². The fraction of sp³-hybridized carbons (Fsp3) is 0.160. The van der Waals surface area contributed by atoms with Crippen molar-refractivity contribution in [1.29, 1.82) is 0 Å². The molecule has 0 aliphatic heterocycles. The molecule has 0 bridgehead atoms. The molecule has 0 saturated carbocycles. The van der Waals surface area contributed by atoms with Gasteiger partial charge < -0.3 is 15.9 Å². The number of hydrogen-bond donors (Lipinski definition) is 2. The van der Waals surface area contributed by atoms with Crippen LogP contribution in [0.1, 0.15) is 22.5 Å². The Morgan fingerprint density at radius 2 is 1.64 bits per heavy atom. The van der Waals surface area contributed by atoms with Gasteiger partial charge in [0.15, 0.2) is 5.82 Å². The molecule has 0 atom stereocenters. The van der Waals surface area contributed by atoms with Crippen LogP contribution in [0.4, 0.5) is 5.69 Å². The lowest BCUT2D eigenvalue weighted by molar-refractivity contribution is -0.113. The van der Waals surface area contributed by atoms with Gasteiger partial charge in [0.05, 0.1) is 12.9 Å². The SMILES string of the molecule is COc1ccc(Cc2nnc(SCC(=O)Nc3ccccc3Cc3ccccc3)n2N)cc1. The Kier molecular flexibility index (Phi) is 7.26. The van der Waals surface area contributed by atoms with Crippen molar-refractivity contribution in [3.63, 3.8) is 0 Å². The van der Waals surface area contributed by atoms with E-state index >= 15 is 0 Å². The number of para-hydroxylation sites is 1. The van der Waals surface area contributed by atoms with E-state index in [4.69, 9.17) is 10.6 Å². The highest BCUT2D eigenvalue weighted by molar-refractivity contribution is 7.99. The van der Waals surface area contributed by atoms with Crippen molar-refractivity contribution in [3.05, 3.63) is 101 Å². The number of thioether (sulfide) groups is 1. The van der Waals surface area contributed by atoms with Crippen LogP contribution in [0.5, 0.6) is 5.75 Å². The van der Waals surface area contributed by atoms with Crippen LogP contribution in [-0.2, 0) is 17.6 Å². The van der Waals surface area contributed by atoms with Crippen molar-refractivity contribution in [2.45, 2.75) is 18.0 Å². The number of anilines is 1. The van der Waals surface area contributed by atoms with Crippen LogP contribution in [0.15, 0.2) is 84.0 Å². The minimum Gasteiger partial charge on any atom is -0.497 e. The summed E-state index contributed by atoms with van der Waals surface area (Å²) >= 11 is 1.25. The van der Waals surface area contributed by atoms with Gasteiger partial charge in [-0.05, 0) is 41.3 Å². The minimum absolute atomic E-state index is 0.125. The summed E-state index contributed by atoms with van der Waals surface area (Å²) in [6.07, 6.45) is 1.28. The molecule has 4 aromatic rings. The first kappa shape index (κ1) is 22.4. The standard InChI is InChI=1S/C25H25N5O2S/c1-32-21-13-11-19(12-14-21)16-23-28-29-25(30(23)26)33-17-24(31)27-22-10-6-5-9-20(22)15-18-7-3-2-4-8-18/h2-14H,15-17,26H2,1H3,(H,27,31). The van der Waals surface area contributed by atoms with E-state index in [1.54, 1.807) is 7.11 Å². The predicted octanol–water partition coefficient (Wildman–Crippen LogP) is 3.91. The first-order chi connectivity index (χ1) is 16.1. The summed E-state index contributed by atoms with van der Waals surface area (Å²) in [5.41, 5.74) is 4.10. The highest BCUT2D eigenvalue weighted by Gasteiger charge is 2.14. The third-order valence-corrected chi connectivity index (χ3v) is 6.06. The minimum atomic E-state index is -0.125. The van der Waals surface area contributed by atoms with Crippen molar-refractivity contribution in [1.82, 2.24) is 14.9 Å². The van der Waals surface area contributed by atoms with Gasteiger partial charge in [-0.1, -0.05) is 72.4 Å². The Morgan fingerprint density at radius 1 is 0.939 bits per heavy atom. The summed E-state index contributed by atoms with van der Waals surface area (Å²) in [4.78, 5) is 12.6. The van der Waals surface area contributed by atoms with Crippen molar-refractivity contribution in [3.8, 4) is 5.75 Å². The van der Waals surface area contributed by atoms with E-state index in [1.165, 1.54) is 22.0 Å². The largest absolute Gasteiger partial charge is 0.497 e. The molecular weight excluding hydrogens is 434 g/mol. The first-order valence-corrected chi connectivity index (χ1v) is 11.5. The Hall–Kier alpha value is -3.78. The number of nitrogen functional groups attached to an aromatic ring is 1. The van der Waals surface area contributed by atoms with Gasteiger partial charge in [-0.3, -0.25) is 4.79 Å². The second-order valence-corrected chi connectivity index (χ2v) is 8.39. The van der Waals surface area contributed by atoms with Crippen LogP contribution < -0.4 is 15.9 Å². The molecule has 1 aromatic heterocycles. The summed E-state index contributed by atoms with van der Waals surface area (Å²) in [7, 11) is 1.63. The van der Waals surface area contributed by atoms with Gasteiger partial charge in [-0.15, -0.1) is 10.2 Å². The number of amides is 1. The second kappa shape index (κ2) is 10.7. The third kappa shape index (κ3) is 5.93. The number of hydrogen-bond acceptors (Lipinski definition) is 6. The van der Waals surface area contributed by atoms with Crippen LogP contribution in [0.25, 0.3) is 0 Å². The Morgan fingerprint density at radius 3 is 2.39 bits per heavy atom. The van der Waals surface area contributed by atoms with Crippen molar-refractivity contribution >= 4 is 23.4 Å². The number of methoxy groups -OCH3 is 1. The molecule has 1 heterocycles. The number of nitrogens with two attached hydrogens (primary N) is 1. The van der Waals surface area contributed by atoms with E-state index in [0.717, 1.165) is 29.0 Å². The highest BCUT2D eigenvalue weighted by Crippen LogP contribution is 2.21. The lowest BCUT2D eigenvalue weighted by atomic mass is 10.0. The van der Waals surface area contributed by atoms with E-state index in [-0.39, 0.29) is 11.7 Å². The molecule has 3 aromatic carbocycles. The predicted molar refractivity (Wildman–Crippen MR) is 131 cm³/mol. The molecule has 7 nitrogen and oxygen atoms in total. The first-order valence-electron chi connectivity index (χ1n) is 10.5. The lowest BCUT2D eigenvalue weighted by Crippen LogP contribution is -2.18. The van der Waals surface area contributed by atoms with Gasteiger partial charge in [-0.25, -0.2) is 4.68 Å². The molecule has 8 heteroatoms. The molecule has 0 fully saturated rings. The van der Waals surface area contributed by atoms with Crippen LogP contribution >= 0.6 is 11.8 Å². The number of benzene rings is 3. The average Bonchev–Trinajstić information content (AvgIpc) is 3.19. The normalized spacial score (nSPS) is 10.7. The summed E-state index contributed by atoms with van der Waals surface area (Å²) in [5, 5.41) is 11.8. The van der Waals surface area contributed by atoms with Gasteiger partial charge in [0.25, 0.3) is 0 Å². The van der Waals surface area contributed by atoms with E-state index in [2.05, 4.69) is 27.6 Å². The maximum Gasteiger partial charge on any atom is 0.234 e. The Balaban J connectivity index is 1.35. The molecular formula is C25H25N5O2S. The smallest absolute Gasteiger partial charge is 0.234 e. The molecule has 33 heavy (non-hydrogen) atoms. The zero-order valence-electron chi connectivity index (χ0n) is 18.3. The number of nitrogens with zero attached hydrogens (tertiary/aromatic N) is 3. The number of rotatable bonds is 9. The lowest BCUT2D eigenvalue weighted by Gasteiger charge is -2.11. The van der Waals surface area contributed by atoms with Crippen molar-refractivity contribution in [2.24, 2.45) is 0 Å². The van der Waals surface area contributed by atoms with Crippen molar-refractivity contribution < 1.29 is 9.53 Å². The van der Waals surface area contributed by atoms with Gasteiger partial charge in [0.2, 0.25) is 11.1 Å². The van der Waals surface area contributed by atoms with E-state index < -0.39 is 0 Å². The molecule has 168 valence electrons. The molecule has 3 N–H and O–H groups in total. The third-order valence-electron chi connectivity index (χ3n) is 5.12. The van der Waals surface area contributed by atoms with E-state index in [0.29, 0.717) is 17.4 Å². The topological polar surface area (TPSA) is 95.1 Å². The highest BCUT2D eigenvalue weighted by atomic mass is 32.2. The van der Waals surface area contributed by atoms with Crippen LogP contribution in [0, 0.1) is 0 Å². The summed E-state index contributed by atoms with van der Waals surface area (Å²) < 4.78 is 6.62. The summed E-state index contributed by atoms with van der Waals surface area (Å²) in [6, 6.07) is 25.7. The van der Waals surface area contributed by atoms with Gasteiger partial charge >= 0.3 is 0 Å². The fourth-order valence-electron chi connectivity index (χ4n) is 3.38. The monoisotopic (exact) mass is 459 g/mol. The molecule has 0 unspecified atom stereocenters. The van der Waals surface area contributed by atoms with E-state index in [9.17, 15) is 4.79 Å². The number of aromatic nitrogens is 3. The Bertz CT molecular complexity index is 1210. The van der Waals surface area contributed by atoms with Crippen LogP contribution in [0.3, 0.4) is 0 Å². The Labute approximate surface area is 197 Å². The second-order valence-electron chi connectivity index (χ2n) is 7.45. The molecule has 4 rings (SSSR count). The molecule has 0 radical (unpaired) electrons. The molecule has 0 saturated heterocycles. The molecule has 0 aliphatic rings. The average molecular weight is 460 g/mol. The fourth-order valence-corrected chi connectivity index (χ4v) is 4.06. The maximum atomic E-state index is 12.6. The number of ether oxygens (including phenoxy) is 1. The maximum absolute atomic E-state index is 12.6. The molecule has 0 spiro atoms. The van der Waals surface area contributed by atoms with Gasteiger partial charge in [0.1, 0.15) is 5.75 Å². The number of carbonyl (C=O) groups is 1. The quantitative estimate of drug-likeness (QED) is 0.291. The summed E-state index contributed by atoms with van der Waals surface area (Å²) in [5.74, 6) is 7.64. The van der Waals surface area contributed by atoms with Crippen LogP contribution in [-0.4, -0.2) is 33.6 Å². The van der Waals surface area contributed by atoms with Gasteiger partial charge in [-0.2, -0.15) is 0 Å². The van der Waals surface area contributed by atoms with Gasteiger partial charge in [0, 0.05) is 12.1 Å². The number of carbonyl (C=O) groups excluding carboxylic acids is 1. The zero-order chi connectivity index (χ0) is 23.0. The number of nitrogens with one attached hydrogen (secondary N) is 1. The van der Waals surface area contributed by atoms with Crippen molar-refractivity contribution in [2.75, 3.05) is 24.0 Å². The molecule has 1 amide bonds. The van der Waals surface area contributed by atoms with Crippen LogP contribution in [0.2, 0.25) is 0 Å².